The summed E-state index contributed by atoms with van der Waals surface area (Å²) in [6.45, 7) is 6.26. The molecule has 0 spiro atoms. The maximum Gasteiger partial charge on any atom is 0.308 e. The topological polar surface area (TPSA) is 86.7 Å². The predicted molar refractivity (Wildman–Crippen MR) is 118 cm³/mol. The van der Waals surface area contributed by atoms with Gasteiger partial charge in [-0.3, -0.25) is 19.2 Å². The molecule has 0 saturated carbocycles. The highest BCUT2D eigenvalue weighted by atomic mass is 16.5. The molecule has 0 aliphatic rings. The van der Waals surface area contributed by atoms with E-state index in [0.29, 0.717) is 11.5 Å². The van der Waals surface area contributed by atoms with Crippen molar-refractivity contribution in [1.29, 1.82) is 0 Å². The van der Waals surface area contributed by atoms with Gasteiger partial charge in [-0.2, -0.15) is 0 Å². The van der Waals surface area contributed by atoms with Gasteiger partial charge >= 0.3 is 11.9 Å². The fourth-order valence-electron chi connectivity index (χ4n) is 2.76. The Labute approximate surface area is 181 Å². The van der Waals surface area contributed by atoms with E-state index in [-0.39, 0.29) is 18.0 Å². The zero-order valence-corrected chi connectivity index (χ0v) is 17.9. The third-order valence-electron chi connectivity index (χ3n) is 4.18. The van der Waals surface area contributed by atoms with Gasteiger partial charge in [0.2, 0.25) is 0 Å². The second kappa shape index (κ2) is 10.8. The zero-order valence-electron chi connectivity index (χ0n) is 17.9. The summed E-state index contributed by atoms with van der Waals surface area (Å²) in [5.74, 6) is -0.511. The predicted octanol–water partition coefficient (Wildman–Crippen LogP) is 4.41. The van der Waals surface area contributed by atoms with Gasteiger partial charge in [0, 0.05) is 13.8 Å². The van der Waals surface area contributed by atoms with Crippen LogP contribution in [0.25, 0.3) is 12.2 Å². The standard InChI is InChI=1S/C25H24O6/c1-16-13-20(7-11-24(16)30-18(3)26)5-9-22(28)15-23(29)10-6-21-8-12-25(17(2)14-21)31-19(4)27/h5-14H,15H2,1-4H3. The lowest BCUT2D eigenvalue weighted by Gasteiger charge is -2.06. The van der Waals surface area contributed by atoms with E-state index in [1.165, 1.54) is 26.0 Å². The minimum Gasteiger partial charge on any atom is -0.426 e. The van der Waals surface area contributed by atoms with Crippen LogP contribution in [0.4, 0.5) is 0 Å². The van der Waals surface area contributed by atoms with Crippen molar-refractivity contribution in [2.24, 2.45) is 0 Å². The lowest BCUT2D eigenvalue weighted by atomic mass is 10.1. The summed E-state index contributed by atoms with van der Waals surface area (Å²) in [5.41, 5.74) is 3.04. The maximum absolute atomic E-state index is 12.1. The van der Waals surface area contributed by atoms with Gasteiger partial charge in [0.05, 0.1) is 6.42 Å². The Bertz CT molecular complexity index is 990. The average molecular weight is 420 g/mol. The number of esters is 2. The summed E-state index contributed by atoms with van der Waals surface area (Å²) in [4.78, 5) is 46.2. The third-order valence-corrected chi connectivity index (χ3v) is 4.18. The Morgan fingerprint density at radius 2 is 1.10 bits per heavy atom. The van der Waals surface area contributed by atoms with Gasteiger partial charge in [-0.1, -0.05) is 24.3 Å². The summed E-state index contributed by atoms with van der Waals surface area (Å²) in [7, 11) is 0. The Kier molecular flexibility index (Phi) is 8.20. The largest absolute Gasteiger partial charge is 0.426 e. The van der Waals surface area contributed by atoms with Crippen LogP contribution in [-0.4, -0.2) is 23.5 Å². The molecule has 0 aromatic heterocycles. The monoisotopic (exact) mass is 420 g/mol. The first-order chi connectivity index (χ1) is 14.6. The highest BCUT2D eigenvalue weighted by molar-refractivity contribution is 6.10. The average Bonchev–Trinajstić information content (AvgIpc) is 2.68. The molecule has 2 aromatic carbocycles. The number of aryl methyl sites for hydroxylation is 2. The van der Waals surface area contributed by atoms with Crippen LogP contribution in [0.5, 0.6) is 11.5 Å². The summed E-state index contributed by atoms with van der Waals surface area (Å²) >= 11 is 0. The van der Waals surface area contributed by atoms with Crippen molar-refractivity contribution in [2.45, 2.75) is 34.1 Å². The van der Waals surface area contributed by atoms with Gasteiger partial charge in [0.15, 0.2) is 11.6 Å². The molecule has 2 aromatic rings. The summed E-state index contributed by atoms with van der Waals surface area (Å²) in [6.07, 6.45) is 5.68. The molecule has 0 bridgehead atoms. The van der Waals surface area contributed by atoms with Crippen LogP contribution in [0.15, 0.2) is 48.6 Å². The molecule has 0 unspecified atom stereocenters. The van der Waals surface area contributed by atoms with Gasteiger partial charge in [-0.15, -0.1) is 0 Å². The first-order valence-electron chi connectivity index (χ1n) is 9.64. The molecule has 0 aliphatic heterocycles. The van der Waals surface area contributed by atoms with E-state index in [2.05, 4.69) is 0 Å². The van der Waals surface area contributed by atoms with Crippen molar-refractivity contribution in [3.05, 3.63) is 70.8 Å². The number of hydrogen-bond donors (Lipinski definition) is 0. The lowest BCUT2D eigenvalue weighted by molar-refractivity contribution is -0.132. The fourth-order valence-corrected chi connectivity index (χ4v) is 2.76. The maximum atomic E-state index is 12.1. The molecule has 0 N–H and O–H groups in total. The molecule has 0 amide bonds. The van der Waals surface area contributed by atoms with Crippen molar-refractivity contribution in [2.75, 3.05) is 0 Å². The van der Waals surface area contributed by atoms with Crippen LogP contribution in [-0.2, 0) is 19.2 Å². The summed E-state index contributed by atoms with van der Waals surface area (Å²) < 4.78 is 10.1. The minimum atomic E-state index is -0.399. The molecule has 0 fully saturated rings. The summed E-state index contributed by atoms with van der Waals surface area (Å²) in [5, 5.41) is 0. The van der Waals surface area contributed by atoms with Crippen LogP contribution < -0.4 is 9.47 Å². The number of rotatable bonds is 8. The van der Waals surface area contributed by atoms with Gasteiger partial charge < -0.3 is 9.47 Å². The molecule has 31 heavy (non-hydrogen) atoms. The van der Waals surface area contributed by atoms with Gasteiger partial charge in [0.1, 0.15) is 11.5 Å². The Morgan fingerprint density at radius 3 is 1.42 bits per heavy atom. The quantitative estimate of drug-likeness (QED) is 0.272. The second-order valence-electron chi connectivity index (χ2n) is 7.01. The van der Waals surface area contributed by atoms with Gasteiger partial charge in [-0.25, -0.2) is 0 Å². The highest BCUT2D eigenvalue weighted by Gasteiger charge is 2.06. The molecule has 6 heteroatoms. The first-order valence-corrected chi connectivity index (χ1v) is 9.64. The fraction of sp³-hybridized carbons (Fsp3) is 0.200. The number of ketones is 2. The molecule has 0 heterocycles. The Morgan fingerprint density at radius 1 is 0.710 bits per heavy atom. The van der Waals surface area contributed by atoms with Crippen LogP contribution in [0.1, 0.15) is 42.5 Å². The lowest BCUT2D eigenvalue weighted by Crippen LogP contribution is -2.03. The van der Waals surface area contributed by atoms with Crippen LogP contribution in [0.3, 0.4) is 0 Å². The van der Waals surface area contributed by atoms with E-state index in [1.54, 1.807) is 62.4 Å². The Hall–Kier alpha value is -3.80. The van der Waals surface area contributed by atoms with E-state index in [0.717, 1.165) is 22.3 Å². The highest BCUT2D eigenvalue weighted by Crippen LogP contribution is 2.21. The van der Waals surface area contributed by atoms with E-state index >= 15 is 0 Å². The number of benzene rings is 2. The van der Waals surface area contributed by atoms with Crippen LogP contribution in [0.2, 0.25) is 0 Å². The van der Waals surface area contributed by atoms with Crippen molar-refractivity contribution >= 4 is 35.7 Å². The molecule has 0 atom stereocenters. The second-order valence-corrected chi connectivity index (χ2v) is 7.01. The van der Waals surface area contributed by atoms with Crippen molar-refractivity contribution in [3.8, 4) is 11.5 Å². The van der Waals surface area contributed by atoms with Crippen LogP contribution in [0, 0.1) is 13.8 Å². The van der Waals surface area contributed by atoms with Crippen molar-refractivity contribution < 1.29 is 28.7 Å². The SMILES string of the molecule is CC(=O)Oc1ccc(C=CC(=O)CC(=O)C=Cc2ccc(OC(C)=O)c(C)c2)cc1C. The first kappa shape index (κ1) is 23.5. The van der Waals surface area contributed by atoms with E-state index in [9.17, 15) is 19.2 Å². The van der Waals surface area contributed by atoms with E-state index in [1.807, 2.05) is 0 Å². The molecule has 2 rings (SSSR count). The number of carbonyl (C=O) groups excluding carboxylic acids is 4. The molecule has 0 saturated heterocycles. The van der Waals surface area contributed by atoms with E-state index < -0.39 is 11.9 Å². The molecule has 160 valence electrons. The van der Waals surface area contributed by atoms with Crippen molar-refractivity contribution in [1.82, 2.24) is 0 Å². The van der Waals surface area contributed by atoms with Crippen LogP contribution >= 0.6 is 0 Å². The normalized spacial score (nSPS) is 11.0. The third kappa shape index (κ3) is 7.85. The number of allylic oxidation sites excluding steroid dienone is 2. The van der Waals surface area contributed by atoms with E-state index in [4.69, 9.17) is 9.47 Å². The molecular formula is C25H24O6. The van der Waals surface area contributed by atoms with Crippen molar-refractivity contribution in [3.63, 3.8) is 0 Å². The molecule has 0 radical (unpaired) electrons. The zero-order chi connectivity index (χ0) is 23.0. The molecule has 6 nitrogen and oxygen atoms in total. The molecule has 0 aliphatic carbocycles. The number of carbonyl (C=O) groups is 4. The van der Waals surface area contributed by atoms with Gasteiger partial charge in [0.25, 0.3) is 0 Å². The Balaban J connectivity index is 1.94. The number of hydrogen-bond acceptors (Lipinski definition) is 6. The summed E-state index contributed by atoms with van der Waals surface area (Å²) in [6, 6.07) is 10.3. The molecular weight excluding hydrogens is 396 g/mol. The minimum absolute atomic E-state index is 0.248. The smallest absolute Gasteiger partial charge is 0.308 e. The number of ether oxygens (including phenoxy) is 2. The van der Waals surface area contributed by atoms with Gasteiger partial charge in [-0.05, 0) is 72.5 Å².